The molecule has 0 saturated carbocycles. The number of hydrogen-bond donors (Lipinski definition) is 1. The molecule has 6 nitrogen and oxygen atoms in total. The fourth-order valence-corrected chi connectivity index (χ4v) is 4.08. The summed E-state index contributed by atoms with van der Waals surface area (Å²) in [6.07, 6.45) is 1.73. The number of hydrogen-bond acceptors (Lipinski definition) is 4. The lowest BCUT2D eigenvalue weighted by Crippen LogP contribution is -2.54. The Bertz CT molecular complexity index is 366. The largest absolute Gasteiger partial charge is 0.374 e. The molecule has 0 aromatic carbocycles. The summed E-state index contributed by atoms with van der Waals surface area (Å²) in [5.74, 6) is 0.623. The van der Waals surface area contributed by atoms with E-state index in [0.717, 1.165) is 12.8 Å². The molecule has 2 fully saturated rings. The summed E-state index contributed by atoms with van der Waals surface area (Å²) in [6.45, 7) is 5.05. The van der Waals surface area contributed by atoms with Gasteiger partial charge in [0.2, 0.25) is 0 Å². The second-order valence-electron chi connectivity index (χ2n) is 5.18. The number of nitrogens with zero attached hydrogens (tertiary/aromatic N) is 2. The van der Waals surface area contributed by atoms with Crippen molar-refractivity contribution in [2.45, 2.75) is 25.9 Å². The molecular formula is C11H23N3O3S. The molecule has 2 N–H and O–H groups in total. The fraction of sp³-hybridized carbons (Fsp3) is 1.00. The first-order valence-corrected chi connectivity index (χ1v) is 8.00. The second-order valence-corrected chi connectivity index (χ2v) is 7.10. The van der Waals surface area contributed by atoms with Crippen LogP contribution in [0.4, 0.5) is 0 Å². The molecule has 0 spiro atoms. The molecule has 1 atom stereocenters. The molecule has 18 heavy (non-hydrogen) atoms. The van der Waals surface area contributed by atoms with Crippen LogP contribution in [0.5, 0.6) is 0 Å². The highest BCUT2D eigenvalue weighted by Gasteiger charge is 2.35. The predicted molar refractivity (Wildman–Crippen MR) is 69.3 cm³/mol. The molecule has 7 heteroatoms. The lowest BCUT2D eigenvalue weighted by molar-refractivity contribution is 0.00237. The van der Waals surface area contributed by atoms with Crippen LogP contribution in [-0.4, -0.2) is 62.5 Å². The number of morpholine rings is 1. The third kappa shape index (κ3) is 3.03. The zero-order valence-corrected chi connectivity index (χ0v) is 11.7. The minimum atomic E-state index is -3.32. The molecular weight excluding hydrogens is 254 g/mol. The van der Waals surface area contributed by atoms with Crippen LogP contribution in [0, 0.1) is 5.92 Å². The van der Waals surface area contributed by atoms with Crippen molar-refractivity contribution in [3.05, 3.63) is 0 Å². The van der Waals surface area contributed by atoms with E-state index in [1.54, 1.807) is 4.31 Å². The lowest BCUT2D eigenvalue weighted by atomic mass is 10.0. The van der Waals surface area contributed by atoms with Gasteiger partial charge in [-0.3, -0.25) is 0 Å². The minimum absolute atomic E-state index is 0.169. The molecule has 0 aromatic heterocycles. The first-order chi connectivity index (χ1) is 8.54. The molecule has 0 radical (unpaired) electrons. The molecule has 0 aliphatic carbocycles. The van der Waals surface area contributed by atoms with Gasteiger partial charge in [0.25, 0.3) is 10.2 Å². The van der Waals surface area contributed by atoms with Crippen molar-refractivity contribution < 1.29 is 13.2 Å². The van der Waals surface area contributed by atoms with E-state index >= 15 is 0 Å². The predicted octanol–water partition coefficient (Wildman–Crippen LogP) is -0.377. The summed E-state index contributed by atoms with van der Waals surface area (Å²) in [6, 6.07) is 0. The van der Waals surface area contributed by atoms with Crippen LogP contribution in [0.2, 0.25) is 0 Å². The average molecular weight is 277 g/mol. The topological polar surface area (TPSA) is 75.9 Å². The van der Waals surface area contributed by atoms with Crippen molar-refractivity contribution in [2.75, 3.05) is 39.3 Å². The van der Waals surface area contributed by atoms with Gasteiger partial charge in [0.15, 0.2) is 0 Å². The van der Waals surface area contributed by atoms with Crippen molar-refractivity contribution in [1.29, 1.82) is 0 Å². The number of rotatable bonds is 3. The van der Waals surface area contributed by atoms with Gasteiger partial charge in [-0.25, -0.2) is 0 Å². The van der Waals surface area contributed by atoms with Crippen molar-refractivity contribution in [3.8, 4) is 0 Å². The minimum Gasteiger partial charge on any atom is -0.374 e. The quantitative estimate of drug-likeness (QED) is 0.763. The van der Waals surface area contributed by atoms with Crippen molar-refractivity contribution in [2.24, 2.45) is 11.7 Å². The van der Waals surface area contributed by atoms with E-state index in [9.17, 15) is 8.42 Å². The molecule has 2 aliphatic heterocycles. The van der Waals surface area contributed by atoms with Gasteiger partial charge in [-0.1, -0.05) is 6.92 Å². The molecule has 2 heterocycles. The molecule has 0 bridgehead atoms. The van der Waals surface area contributed by atoms with Crippen LogP contribution >= 0.6 is 0 Å². The Kier molecular flexibility index (Phi) is 4.60. The van der Waals surface area contributed by atoms with Crippen molar-refractivity contribution in [1.82, 2.24) is 8.61 Å². The third-order valence-corrected chi connectivity index (χ3v) is 5.76. The first kappa shape index (κ1) is 14.2. The van der Waals surface area contributed by atoms with E-state index in [-0.39, 0.29) is 6.10 Å². The van der Waals surface area contributed by atoms with Gasteiger partial charge in [0.1, 0.15) is 0 Å². The van der Waals surface area contributed by atoms with Crippen LogP contribution in [0.15, 0.2) is 0 Å². The van der Waals surface area contributed by atoms with E-state index in [4.69, 9.17) is 10.5 Å². The van der Waals surface area contributed by atoms with Crippen molar-refractivity contribution >= 4 is 10.2 Å². The highest BCUT2D eigenvalue weighted by Crippen LogP contribution is 2.21. The van der Waals surface area contributed by atoms with Crippen molar-refractivity contribution in [3.63, 3.8) is 0 Å². The van der Waals surface area contributed by atoms with Gasteiger partial charge >= 0.3 is 0 Å². The Hall–Kier alpha value is -0.210. The zero-order valence-electron chi connectivity index (χ0n) is 10.9. The van der Waals surface area contributed by atoms with Crippen LogP contribution < -0.4 is 5.73 Å². The second kappa shape index (κ2) is 5.83. The summed E-state index contributed by atoms with van der Waals surface area (Å²) in [4.78, 5) is 0. The highest BCUT2D eigenvalue weighted by atomic mass is 32.2. The molecule has 0 amide bonds. The third-order valence-electron chi connectivity index (χ3n) is 3.76. The highest BCUT2D eigenvalue weighted by molar-refractivity contribution is 7.86. The maximum Gasteiger partial charge on any atom is 0.282 e. The Morgan fingerprint density at radius 1 is 1.22 bits per heavy atom. The first-order valence-electron chi connectivity index (χ1n) is 6.61. The normalized spacial score (nSPS) is 29.6. The van der Waals surface area contributed by atoms with Crippen LogP contribution in [0.1, 0.15) is 19.8 Å². The van der Waals surface area contributed by atoms with E-state index in [0.29, 0.717) is 45.2 Å². The van der Waals surface area contributed by atoms with Crippen LogP contribution in [0.25, 0.3) is 0 Å². The Balaban J connectivity index is 2.01. The lowest BCUT2D eigenvalue weighted by Gasteiger charge is -2.37. The zero-order chi connectivity index (χ0) is 13.2. The standard InChI is InChI=1S/C11H23N3O3S/c1-10-2-4-13(5-3-10)18(15,16)14-6-7-17-11(8-12)9-14/h10-11H,2-9,12H2,1H3. The van der Waals surface area contributed by atoms with Gasteiger partial charge in [0.05, 0.1) is 12.7 Å². The SMILES string of the molecule is CC1CCN(S(=O)(=O)N2CCOC(CN)C2)CC1. The average Bonchev–Trinajstić information content (AvgIpc) is 2.39. The van der Waals surface area contributed by atoms with Crippen LogP contribution in [0.3, 0.4) is 0 Å². The summed E-state index contributed by atoms with van der Waals surface area (Å²) >= 11 is 0. The number of ether oxygens (including phenoxy) is 1. The van der Waals surface area contributed by atoms with Gasteiger partial charge in [-0.15, -0.1) is 0 Å². The van der Waals surface area contributed by atoms with Gasteiger partial charge < -0.3 is 10.5 Å². The smallest absolute Gasteiger partial charge is 0.282 e. The summed E-state index contributed by atoms with van der Waals surface area (Å²) < 4.78 is 33.5. The van der Waals surface area contributed by atoms with Gasteiger partial charge in [-0.2, -0.15) is 17.0 Å². The van der Waals surface area contributed by atoms with Gasteiger partial charge in [-0.05, 0) is 18.8 Å². The molecule has 0 aromatic rings. The molecule has 2 aliphatic rings. The van der Waals surface area contributed by atoms with E-state index in [2.05, 4.69) is 6.92 Å². The maximum absolute atomic E-state index is 12.5. The van der Waals surface area contributed by atoms with E-state index in [1.807, 2.05) is 0 Å². The Morgan fingerprint density at radius 3 is 2.50 bits per heavy atom. The Labute approximate surface area is 109 Å². The Morgan fingerprint density at radius 2 is 1.89 bits per heavy atom. The molecule has 2 saturated heterocycles. The molecule has 1 unspecified atom stereocenters. The monoisotopic (exact) mass is 277 g/mol. The summed E-state index contributed by atoms with van der Waals surface area (Å²) in [5.41, 5.74) is 5.55. The summed E-state index contributed by atoms with van der Waals surface area (Å²) in [5, 5.41) is 0. The molecule has 2 rings (SSSR count). The van der Waals surface area contributed by atoms with Crippen LogP contribution in [-0.2, 0) is 14.9 Å². The van der Waals surface area contributed by atoms with Gasteiger partial charge in [0, 0.05) is 32.7 Å². The number of nitrogens with two attached hydrogens (primary N) is 1. The molecule has 106 valence electrons. The fourth-order valence-electron chi connectivity index (χ4n) is 2.42. The van der Waals surface area contributed by atoms with E-state index < -0.39 is 10.2 Å². The summed E-state index contributed by atoms with van der Waals surface area (Å²) in [7, 11) is -3.32. The number of piperidine rings is 1. The van der Waals surface area contributed by atoms with E-state index in [1.165, 1.54) is 4.31 Å². The maximum atomic E-state index is 12.5.